The fraction of sp³-hybridized carbons (Fsp3) is 0. The Bertz CT molecular complexity index is 2150. The van der Waals surface area contributed by atoms with Gasteiger partial charge in [0.2, 0.25) is 5.71 Å². The molecular weight excluding hydrogens is 504 g/mol. The van der Waals surface area contributed by atoms with E-state index in [1.807, 2.05) is 84.9 Å². The average molecular weight is 527 g/mol. The van der Waals surface area contributed by atoms with Crippen molar-refractivity contribution in [2.75, 3.05) is 0 Å². The summed E-state index contributed by atoms with van der Waals surface area (Å²) in [5.41, 5.74) is 5.80. The van der Waals surface area contributed by atoms with Crippen LogP contribution in [0.1, 0.15) is 0 Å². The molecule has 0 aliphatic carbocycles. The zero-order chi connectivity index (χ0) is 27.2. The van der Waals surface area contributed by atoms with Crippen molar-refractivity contribution in [1.82, 2.24) is 19.9 Å². The third kappa shape index (κ3) is 4.12. The Morgan fingerprint density at radius 1 is 0.439 bits per heavy atom. The van der Waals surface area contributed by atoms with Crippen molar-refractivity contribution in [3.05, 3.63) is 133 Å². The van der Waals surface area contributed by atoms with Crippen LogP contribution in [0.5, 0.6) is 0 Å². The van der Waals surface area contributed by atoms with E-state index in [9.17, 15) is 0 Å². The third-order valence-electron chi connectivity index (χ3n) is 7.33. The molecule has 5 heteroatoms. The molecule has 0 N–H and O–H groups in total. The van der Waals surface area contributed by atoms with Gasteiger partial charge in [0.1, 0.15) is 5.58 Å². The number of pyridine rings is 1. The molecule has 0 radical (unpaired) electrons. The van der Waals surface area contributed by atoms with E-state index in [0.717, 1.165) is 49.7 Å². The van der Waals surface area contributed by atoms with Gasteiger partial charge in [-0.3, -0.25) is 0 Å². The molecule has 0 bridgehead atoms. The van der Waals surface area contributed by atoms with Crippen LogP contribution < -0.4 is 0 Å². The fourth-order valence-corrected chi connectivity index (χ4v) is 5.32. The Morgan fingerprint density at radius 3 is 1.78 bits per heavy atom. The van der Waals surface area contributed by atoms with Crippen LogP contribution in [0, 0.1) is 0 Å². The Morgan fingerprint density at radius 2 is 1.05 bits per heavy atom. The van der Waals surface area contributed by atoms with Gasteiger partial charge >= 0.3 is 0 Å². The summed E-state index contributed by atoms with van der Waals surface area (Å²) in [6.07, 6.45) is 0. The number of benzene rings is 5. The van der Waals surface area contributed by atoms with Crippen LogP contribution in [0.4, 0.5) is 0 Å². The van der Waals surface area contributed by atoms with Crippen molar-refractivity contribution in [1.29, 1.82) is 0 Å². The highest BCUT2D eigenvalue weighted by molar-refractivity contribution is 6.11. The van der Waals surface area contributed by atoms with Gasteiger partial charge in [-0.25, -0.2) is 19.9 Å². The van der Waals surface area contributed by atoms with Crippen LogP contribution in [-0.4, -0.2) is 19.9 Å². The molecule has 0 atom stereocenters. The summed E-state index contributed by atoms with van der Waals surface area (Å²) in [4.78, 5) is 19.9. The standard InChI is InChI=1S/C36H22N4O/c1-3-12-24(13-4-1)33-38-34(25-14-5-2-6-15-25)40-35(39-33)29-22-30(27-20-19-23-11-7-8-16-26(23)21-27)37-36-32(29)28-17-9-10-18-31(28)41-36/h1-22H. The predicted molar refractivity (Wildman–Crippen MR) is 164 cm³/mol. The maximum atomic E-state index is 6.31. The lowest BCUT2D eigenvalue weighted by Crippen LogP contribution is -2.01. The number of para-hydroxylation sites is 1. The van der Waals surface area contributed by atoms with Crippen LogP contribution >= 0.6 is 0 Å². The van der Waals surface area contributed by atoms with E-state index >= 15 is 0 Å². The van der Waals surface area contributed by atoms with E-state index in [1.165, 1.54) is 5.39 Å². The van der Waals surface area contributed by atoms with Crippen molar-refractivity contribution in [2.45, 2.75) is 0 Å². The van der Waals surface area contributed by atoms with Crippen LogP contribution in [0.3, 0.4) is 0 Å². The fourth-order valence-electron chi connectivity index (χ4n) is 5.32. The summed E-state index contributed by atoms with van der Waals surface area (Å²) >= 11 is 0. The normalized spacial score (nSPS) is 11.4. The quantitative estimate of drug-likeness (QED) is 0.229. The molecule has 3 heterocycles. The smallest absolute Gasteiger partial charge is 0.228 e. The summed E-state index contributed by atoms with van der Waals surface area (Å²) < 4.78 is 6.31. The lowest BCUT2D eigenvalue weighted by molar-refractivity contribution is 0.654. The molecule has 192 valence electrons. The highest BCUT2D eigenvalue weighted by Crippen LogP contribution is 2.38. The third-order valence-corrected chi connectivity index (χ3v) is 7.33. The molecular formula is C36H22N4O. The number of rotatable bonds is 4. The van der Waals surface area contributed by atoms with Crippen molar-refractivity contribution in [3.8, 4) is 45.4 Å². The molecule has 0 unspecified atom stereocenters. The van der Waals surface area contributed by atoms with Gasteiger partial charge in [-0.05, 0) is 29.0 Å². The monoisotopic (exact) mass is 526 g/mol. The molecule has 8 rings (SSSR count). The van der Waals surface area contributed by atoms with E-state index in [4.69, 9.17) is 24.4 Å². The molecule has 0 aliphatic heterocycles. The first-order valence-corrected chi connectivity index (χ1v) is 13.5. The number of fused-ring (bicyclic) bond motifs is 4. The van der Waals surface area contributed by atoms with Crippen LogP contribution in [0.15, 0.2) is 138 Å². The van der Waals surface area contributed by atoms with Gasteiger partial charge in [0, 0.05) is 27.6 Å². The lowest BCUT2D eigenvalue weighted by atomic mass is 10.0. The first-order chi connectivity index (χ1) is 20.3. The zero-order valence-electron chi connectivity index (χ0n) is 21.9. The number of hydrogen-bond acceptors (Lipinski definition) is 5. The Hall–Kier alpha value is -5.68. The topological polar surface area (TPSA) is 64.7 Å². The Labute approximate surface area is 235 Å². The van der Waals surface area contributed by atoms with E-state index < -0.39 is 0 Å². The highest BCUT2D eigenvalue weighted by atomic mass is 16.3. The summed E-state index contributed by atoms with van der Waals surface area (Å²) in [5.74, 6) is 1.79. The second-order valence-corrected chi connectivity index (χ2v) is 9.93. The Kier molecular flexibility index (Phi) is 5.38. The van der Waals surface area contributed by atoms with Crippen molar-refractivity contribution < 1.29 is 4.42 Å². The molecule has 0 fully saturated rings. The summed E-state index contributed by atoms with van der Waals surface area (Å²) in [7, 11) is 0. The van der Waals surface area contributed by atoms with Gasteiger partial charge in [0.15, 0.2) is 17.5 Å². The second-order valence-electron chi connectivity index (χ2n) is 9.93. The zero-order valence-corrected chi connectivity index (χ0v) is 21.9. The van der Waals surface area contributed by atoms with Crippen LogP contribution in [-0.2, 0) is 0 Å². The first-order valence-electron chi connectivity index (χ1n) is 13.5. The molecule has 8 aromatic rings. The number of aromatic nitrogens is 4. The summed E-state index contributed by atoms with van der Waals surface area (Å²) in [6.45, 7) is 0. The first kappa shape index (κ1) is 23.2. The highest BCUT2D eigenvalue weighted by Gasteiger charge is 2.20. The van der Waals surface area contributed by atoms with Crippen molar-refractivity contribution >= 4 is 32.8 Å². The van der Waals surface area contributed by atoms with Gasteiger partial charge in [0.25, 0.3) is 0 Å². The minimum Gasteiger partial charge on any atom is -0.438 e. The van der Waals surface area contributed by atoms with Crippen molar-refractivity contribution in [3.63, 3.8) is 0 Å². The molecule has 5 nitrogen and oxygen atoms in total. The number of nitrogens with zero attached hydrogens (tertiary/aromatic N) is 4. The van der Waals surface area contributed by atoms with Crippen LogP contribution in [0.25, 0.3) is 78.3 Å². The van der Waals surface area contributed by atoms with Gasteiger partial charge in [-0.1, -0.05) is 115 Å². The van der Waals surface area contributed by atoms with Crippen LogP contribution in [0.2, 0.25) is 0 Å². The molecule has 0 spiro atoms. The molecule has 0 saturated carbocycles. The minimum absolute atomic E-state index is 0.551. The van der Waals surface area contributed by atoms with Gasteiger partial charge in [-0.2, -0.15) is 0 Å². The maximum Gasteiger partial charge on any atom is 0.228 e. The van der Waals surface area contributed by atoms with Gasteiger partial charge in [-0.15, -0.1) is 0 Å². The Balaban J connectivity index is 1.43. The van der Waals surface area contributed by atoms with E-state index in [2.05, 4.69) is 48.5 Å². The number of furan rings is 1. The lowest BCUT2D eigenvalue weighted by Gasteiger charge is -2.11. The minimum atomic E-state index is 0.551. The molecule has 0 amide bonds. The molecule has 3 aromatic heterocycles. The SMILES string of the molecule is c1ccc(-c2nc(-c3ccccc3)nc(-c3cc(-c4ccc5ccccc5c4)nc4oc5ccccc5c34)n2)cc1. The predicted octanol–water partition coefficient (Wildman–Crippen LogP) is 8.99. The van der Waals surface area contributed by atoms with E-state index in [1.54, 1.807) is 0 Å². The number of hydrogen-bond donors (Lipinski definition) is 0. The maximum absolute atomic E-state index is 6.31. The van der Waals surface area contributed by atoms with Crippen molar-refractivity contribution in [2.24, 2.45) is 0 Å². The molecule has 41 heavy (non-hydrogen) atoms. The molecule has 5 aromatic carbocycles. The molecule has 0 saturated heterocycles. The van der Waals surface area contributed by atoms with Gasteiger partial charge < -0.3 is 4.42 Å². The van der Waals surface area contributed by atoms with E-state index in [-0.39, 0.29) is 0 Å². The average Bonchev–Trinajstić information content (AvgIpc) is 3.43. The second kappa shape index (κ2) is 9.50. The molecule has 0 aliphatic rings. The van der Waals surface area contributed by atoms with E-state index in [0.29, 0.717) is 23.2 Å². The summed E-state index contributed by atoms with van der Waals surface area (Å²) in [6, 6.07) is 44.8. The summed E-state index contributed by atoms with van der Waals surface area (Å²) in [5, 5.41) is 4.18. The largest absolute Gasteiger partial charge is 0.438 e. The van der Waals surface area contributed by atoms with Gasteiger partial charge in [0.05, 0.1) is 11.1 Å².